The third-order valence-corrected chi connectivity index (χ3v) is 5.64. The number of pyridine rings is 1. The predicted molar refractivity (Wildman–Crippen MR) is 128 cm³/mol. The molecule has 4 rings (SSSR count). The first kappa shape index (κ1) is 22.9. The van der Waals surface area contributed by atoms with Crippen molar-refractivity contribution in [3.63, 3.8) is 0 Å². The molecule has 1 saturated heterocycles. The van der Waals surface area contributed by atoms with Crippen molar-refractivity contribution >= 4 is 11.9 Å². The van der Waals surface area contributed by atoms with E-state index < -0.39 is 0 Å². The van der Waals surface area contributed by atoms with Crippen molar-refractivity contribution < 1.29 is 9.53 Å². The Morgan fingerprint density at radius 2 is 1.73 bits per heavy atom. The fraction of sp³-hybridized carbons (Fsp3) is 0.385. The first-order chi connectivity index (χ1) is 16.0. The second kappa shape index (κ2) is 10.5. The molecule has 7 heteroatoms. The largest absolute Gasteiger partial charge is 0.368 e. The van der Waals surface area contributed by atoms with E-state index in [2.05, 4.69) is 51.7 Å². The number of morpholine rings is 1. The molecular weight excluding hydrogens is 414 g/mol. The SMILES string of the molecule is Cc1cc(Cc2ccccc2)cc([C@@H]2CN(C(=O)CCNc3nc(C)cc(C)n3)CCO2)n1. The van der Waals surface area contributed by atoms with Crippen LogP contribution in [0.2, 0.25) is 0 Å². The normalized spacial score (nSPS) is 16.0. The lowest BCUT2D eigenvalue weighted by Gasteiger charge is -2.33. The third kappa shape index (κ3) is 6.35. The fourth-order valence-electron chi connectivity index (χ4n) is 4.17. The van der Waals surface area contributed by atoms with Crippen molar-refractivity contribution in [1.29, 1.82) is 0 Å². The average Bonchev–Trinajstić information content (AvgIpc) is 2.79. The maximum Gasteiger partial charge on any atom is 0.224 e. The molecule has 1 amide bonds. The minimum Gasteiger partial charge on any atom is -0.368 e. The number of ether oxygens (including phenoxy) is 1. The number of amides is 1. The molecule has 0 spiro atoms. The number of aryl methyl sites for hydroxylation is 3. The van der Waals surface area contributed by atoms with Gasteiger partial charge in [-0.2, -0.15) is 0 Å². The Labute approximate surface area is 195 Å². The second-order valence-corrected chi connectivity index (χ2v) is 8.55. The Morgan fingerprint density at radius 3 is 2.48 bits per heavy atom. The maximum atomic E-state index is 12.8. The number of nitrogens with one attached hydrogen (secondary N) is 1. The van der Waals surface area contributed by atoms with E-state index in [1.54, 1.807) is 0 Å². The summed E-state index contributed by atoms with van der Waals surface area (Å²) in [6.45, 7) is 7.98. The van der Waals surface area contributed by atoms with Gasteiger partial charge in [0.05, 0.1) is 18.8 Å². The number of hydrogen-bond donors (Lipinski definition) is 1. The van der Waals surface area contributed by atoms with Crippen molar-refractivity contribution in [2.45, 2.75) is 39.7 Å². The minimum atomic E-state index is -0.215. The lowest BCUT2D eigenvalue weighted by molar-refractivity contribution is -0.138. The highest BCUT2D eigenvalue weighted by Gasteiger charge is 2.26. The molecule has 3 heterocycles. The van der Waals surface area contributed by atoms with Gasteiger partial charge in [0.1, 0.15) is 6.10 Å². The number of hydrogen-bond acceptors (Lipinski definition) is 6. The molecule has 0 saturated carbocycles. The molecule has 172 valence electrons. The van der Waals surface area contributed by atoms with Gasteiger partial charge in [-0.15, -0.1) is 0 Å². The summed E-state index contributed by atoms with van der Waals surface area (Å²) in [6.07, 6.45) is 1.01. The van der Waals surface area contributed by atoms with Crippen LogP contribution in [-0.4, -0.2) is 52.0 Å². The molecule has 3 aromatic rings. The lowest BCUT2D eigenvalue weighted by Crippen LogP contribution is -2.43. The highest BCUT2D eigenvalue weighted by Crippen LogP contribution is 2.23. The van der Waals surface area contributed by atoms with Crippen LogP contribution in [0.25, 0.3) is 0 Å². The van der Waals surface area contributed by atoms with Crippen LogP contribution in [0.5, 0.6) is 0 Å². The number of rotatable bonds is 7. The Hall–Kier alpha value is -3.32. The molecule has 1 N–H and O–H groups in total. The minimum absolute atomic E-state index is 0.0948. The van der Waals surface area contributed by atoms with Gasteiger partial charge in [0, 0.05) is 36.6 Å². The van der Waals surface area contributed by atoms with E-state index in [9.17, 15) is 4.79 Å². The summed E-state index contributed by atoms with van der Waals surface area (Å²) >= 11 is 0. The molecule has 0 aliphatic carbocycles. The number of benzene rings is 1. The molecule has 2 aromatic heterocycles. The van der Waals surface area contributed by atoms with E-state index in [1.165, 1.54) is 11.1 Å². The number of nitrogens with zero attached hydrogens (tertiary/aromatic N) is 4. The Balaban J connectivity index is 1.36. The topological polar surface area (TPSA) is 80.2 Å². The van der Waals surface area contributed by atoms with Crippen molar-refractivity contribution in [3.8, 4) is 0 Å². The van der Waals surface area contributed by atoms with Crippen LogP contribution in [0.3, 0.4) is 0 Å². The predicted octanol–water partition coefficient (Wildman–Crippen LogP) is 3.79. The van der Waals surface area contributed by atoms with Gasteiger partial charge in [-0.05, 0) is 56.5 Å². The molecule has 1 atom stereocenters. The molecule has 1 aliphatic heterocycles. The van der Waals surface area contributed by atoms with Gasteiger partial charge in [-0.3, -0.25) is 9.78 Å². The summed E-state index contributed by atoms with van der Waals surface area (Å²) in [4.78, 5) is 28.2. The molecule has 0 unspecified atom stereocenters. The van der Waals surface area contributed by atoms with Gasteiger partial charge in [-0.1, -0.05) is 30.3 Å². The first-order valence-electron chi connectivity index (χ1n) is 11.4. The van der Waals surface area contributed by atoms with E-state index in [1.807, 2.05) is 37.8 Å². The quantitative estimate of drug-likeness (QED) is 0.596. The highest BCUT2D eigenvalue weighted by molar-refractivity contribution is 5.76. The van der Waals surface area contributed by atoms with Crippen molar-refractivity contribution in [1.82, 2.24) is 19.9 Å². The van der Waals surface area contributed by atoms with Crippen LogP contribution in [-0.2, 0) is 16.0 Å². The van der Waals surface area contributed by atoms with Crippen LogP contribution in [0.1, 0.15) is 46.4 Å². The van der Waals surface area contributed by atoms with E-state index in [-0.39, 0.29) is 12.0 Å². The number of carbonyl (C=O) groups excluding carboxylic acids is 1. The molecule has 33 heavy (non-hydrogen) atoms. The van der Waals surface area contributed by atoms with E-state index in [0.29, 0.717) is 38.6 Å². The average molecular weight is 446 g/mol. The zero-order chi connectivity index (χ0) is 23.2. The van der Waals surface area contributed by atoms with E-state index >= 15 is 0 Å². The molecule has 0 radical (unpaired) electrons. The fourth-order valence-corrected chi connectivity index (χ4v) is 4.17. The van der Waals surface area contributed by atoms with Crippen molar-refractivity contribution in [2.24, 2.45) is 0 Å². The Kier molecular flexibility index (Phi) is 7.29. The maximum absolute atomic E-state index is 12.8. The van der Waals surface area contributed by atoms with Crippen LogP contribution in [0, 0.1) is 20.8 Å². The summed E-state index contributed by atoms with van der Waals surface area (Å²) in [7, 11) is 0. The summed E-state index contributed by atoms with van der Waals surface area (Å²) in [5, 5.41) is 3.16. The van der Waals surface area contributed by atoms with Gasteiger partial charge in [-0.25, -0.2) is 9.97 Å². The smallest absolute Gasteiger partial charge is 0.224 e. The standard InChI is InChI=1S/C26H31N5O2/c1-18-13-19(2)30-26(29-18)27-10-9-25(32)31-11-12-33-24(17-31)23-16-22(14-20(3)28-23)15-21-7-5-4-6-8-21/h4-8,13-14,16,24H,9-12,15,17H2,1-3H3,(H,27,29,30)/t24-/m0/s1. The molecule has 1 aliphatic rings. The number of aromatic nitrogens is 3. The zero-order valence-corrected chi connectivity index (χ0v) is 19.5. The first-order valence-corrected chi connectivity index (χ1v) is 11.4. The summed E-state index contributed by atoms with van der Waals surface area (Å²) in [6, 6.07) is 16.5. The van der Waals surface area contributed by atoms with E-state index in [4.69, 9.17) is 9.72 Å². The van der Waals surface area contributed by atoms with Gasteiger partial charge < -0.3 is 15.0 Å². The molecule has 1 aromatic carbocycles. The lowest BCUT2D eigenvalue weighted by atomic mass is 10.0. The van der Waals surface area contributed by atoms with Gasteiger partial charge in [0.15, 0.2) is 0 Å². The van der Waals surface area contributed by atoms with Gasteiger partial charge >= 0.3 is 0 Å². The second-order valence-electron chi connectivity index (χ2n) is 8.55. The molecule has 0 bridgehead atoms. The van der Waals surface area contributed by atoms with Gasteiger partial charge in [0.2, 0.25) is 11.9 Å². The number of anilines is 1. The summed E-state index contributed by atoms with van der Waals surface area (Å²) < 4.78 is 6.01. The summed E-state index contributed by atoms with van der Waals surface area (Å²) in [5.74, 6) is 0.660. The molecule has 7 nitrogen and oxygen atoms in total. The van der Waals surface area contributed by atoms with Crippen LogP contribution < -0.4 is 5.32 Å². The summed E-state index contributed by atoms with van der Waals surface area (Å²) in [5.41, 5.74) is 6.13. The Morgan fingerprint density at radius 1 is 1.00 bits per heavy atom. The monoisotopic (exact) mass is 445 g/mol. The Bertz CT molecular complexity index is 1080. The third-order valence-electron chi connectivity index (χ3n) is 5.64. The number of carbonyl (C=O) groups is 1. The molecule has 1 fully saturated rings. The van der Waals surface area contributed by atoms with Crippen LogP contribution >= 0.6 is 0 Å². The van der Waals surface area contributed by atoms with Crippen molar-refractivity contribution in [2.75, 3.05) is 31.6 Å². The van der Waals surface area contributed by atoms with E-state index in [0.717, 1.165) is 29.2 Å². The van der Waals surface area contributed by atoms with Gasteiger partial charge in [0.25, 0.3) is 0 Å². The van der Waals surface area contributed by atoms with Crippen LogP contribution in [0.15, 0.2) is 48.5 Å². The van der Waals surface area contributed by atoms with Crippen LogP contribution in [0.4, 0.5) is 5.95 Å². The molecular formula is C26H31N5O2. The highest BCUT2D eigenvalue weighted by atomic mass is 16.5. The zero-order valence-electron chi connectivity index (χ0n) is 19.5. The van der Waals surface area contributed by atoms with Crippen molar-refractivity contribution in [3.05, 3.63) is 82.4 Å².